The van der Waals surface area contributed by atoms with Gasteiger partial charge in [0.25, 0.3) is 0 Å². The first-order chi connectivity index (χ1) is 3.34. The summed E-state index contributed by atoms with van der Waals surface area (Å²) in [5.41, 5.74) is 0. The molecular weight excluding hydrogens is 86.1 g/mol. The molecule has 40 valence electrons. The largest absolute Gasteiger partial charge is 0.301 e. The molecule has 0 aromatic heterocycles. The molecule has 0 aromatic carbocycles. The van der Waals surface area contributed by atoms with Gasteiger partial charge in [-0.15, -0.1) is 0 Å². The van der Waals surface area contributed by atoms with E-state index >= 15 is 0 Å². The molecule has 0 aliphatic heterocycles. The van der Waals surface area contributed by atoms with Gasteiger partial charge in [0.1, 0.15) is 0 Å². The maximum Gasteiger partial charge on any atom is 0.0273 e. The third-order valence-electron chi connectivity index (χ3n) is 1.51. The Kier molecular flexibility index (Phi) is 1.13. The van der Waals surface area contributed by atoms with Crippen molar-refractivity contribution in [3.05, 3.63) is 0 Å². The molecule has 1 aliphatic carbocycles. The highest BCUT2D eigenvalue weighted by Crippen LogP contribution is 2.35. The molecule has 1 aliphatic rings. The fourth-order valence-corrected chi connectivity index (χ4v) is 0.750. The van der Waals surface area contributed by atoms with E-state index in [0.29, 0.717) is 0 Å². The van der Waals surface area contributed by atoms with Gasteiger partial charge in [0.15, 0.2) is 0 Å². The molecule has 1 nitrogen and oxygen atoms in total. The maximum absolute atomic E-state index is 3.92. The molecule has 0 N–H and O–H groups in total. The van der Waals surface area contributed by atoms with Crippen LogP contribution >= 0.6 is 0 Å². The Morgan fingerprint density at radius 3 is 2.43 bits per heavy atom. The number of rotatable bonds is 1. The van der Waals surface area contributed by atoms with Crippen LogP contribution in [0.1, 0.15) is 13.3 Å². The van der Waals surface area contributed by atoms with Crippen molar-refractivity contribution >= 4 is 6.21 Å². The van der Waals surface area contributed by atoms with E-state index in [1.807, 2.05) is 13.3 Å². The molecule has 0 radical (unpaired) electrons. The van der Waals surface area contributed by atoms with E-state index in [1.54, 1.807) is 0 Å². The molecule has 7 heavy (non-hydrogen) atoms. The van der Waals surface area contributed by atoms with Crippen molar-refractivity contribution in [2.24, 2.45) is 16.8 Å². The van der Waals surface area contributed by atoms with Crippen molar-refractivity contribution < 1.29 is 0 Å². The molecule has 0 heterocycles. The standard InChI is InChI=1S/C6H11N/c1-5-3-6(5)4-7-2/h4-6H,3H2,1-2H3/t5-,6?/m0/s1. The Labute approximate surface area is 44.5 Å². The quantitative estimate of drug-likeness (QED) is 0.438. The molecule has 1 heteroatoms. The second kappa shape index (κ2) is 1.65. The van der Waals surface area contributed by atoms with Crippen LogP contribution in [-0.4, -0.2) is 13.3 Å². The van der Waals surface area contributed by atoms with Crippen molar-refractivity contribution in [2.45, 2.75) is 13.3 Å². The van der Waals surface area contributed by atoms with Crippen molar-refractivity contribution in [2.75, 3.05) is 7.05 Å². The highest BCUT2D eigenvalue weighted by atomic mass is 14.7. The monoisotopic (exact) mass is 97.1 g/mol. The van der Waals surface area contributed by atoms with E-state index in [4.69, 9.17) is 0 Å². The van der Waals surface area contributed by atoms with Gasteiger partial charge in [-0.05, 0) is 18.3 Å². The fourth-order valence-electron chi connectivity index (χ4n) is 0.750. The third kappa shape index (κ3) is 1.02. The first-order valence-electron chi connectivity index (χ1n) is 2.77. The van der Waals surface area contributed by atoms with Gasteiger partial charge in [-0.25, -0.2) is 0 Å². The zero-order valence-electron chi connectivity index (χ0n) is 4.89. The predicted octanol–water partition coefficient (Wildman–Crippen LogP) is 1.34. The van der Waals surface area contributed by atoms with Crippen LogP contribution in [-0.2, 0) is 0 Å². The van der Waals surface area contributed by atoms with Gasteiger partial charge in [-0.1, -0.05) is 6.92 Å². The minimum atomic E-state index is 0.824. The Hall–Kier alpha value is -0.330. The first-order valence-corrected chi connectivity index (χ1v) is 2.77. The summed E-state index contributed by atoms with van der Waals surface area (Å²) in [6.45, 7) is 2.26. The molecule has 2 atom stereocenters. The molecule has 1 saturated carbocycles. The molecule has 0 saturated heterocycles. The normalized spacial score (nSPS) is 39.7. The van der Waals surface area contributed by atoms with Crippen LogP contribution in [0.5, 0.6) is 0 Å². The summed E-state index contributed by atoms with van der Waals surface area (Å²) in [5, 5.41) is 0. The number of hydrogen-bond acceptors (Lipinski definition) is 1. The fraction of sp³-hybridized carbons (Fsp3) is 0.833. The highest BCUT2D eigenvalue weighted by Gasteiger charge is 2.29. The van der Waals surface area contributed by atoms with Crippen molar-refractivity contribution in [1.29, 1.82) is 0 Å². The summed E-state index contributed by atoms with van der Waals surface area (Å²) in [6, 6.07) is 0. The summed E-state index contributed by atoms with van der Waals surface area (Å²) in [5.74, 6) is 1.74. The molecule has 0 aromatic rings. The Morgan fingerprint density at radius 1 is 1.71 bits per heavy atom. The van der Waals surface area contributed by atoms with Crippen LogP contribution in [0.3, 0.4) is 0 Å². The predicted molar refractivity (Wildman–Crippen MR) is 31.7 cm³/mol. The number of nitrogens with zero attached hydrogens (tertiary/aromatic N) is 1. The summed E-state index contributed by atoms with van der Waals surface area (Å²) < 4.78 is 0. The SMILES string of the molecule is CN=CC1C[C@@H]1C. The average molecular weight is 97.2 g/mol. The second-order valence-corrected chi connectivity index (χ2v) is 2.28. The Bertz CT molecular complexity index is 86.2. The van der Waals surface area contributed by atoms with Crippen molar-refractivity contribution in [3.63, 3.8) is 0 Å². The van der Waals surface area contributed by atoms with Crippen molar-refractivity contribution in [1.82, 2.24) is 0 Å². The highest BCUT2D eigenvalue weighted by molar-refractivity contribution is 5.64. The van der Waals surface area contributed by atoms with Gasteiger partial charge in [-0.2, -0.15) is 0 Å². The van der Waals surface area contributed by atoms with E-state index in [2.05, 4.69) is 11.9 Å². The molecule has 0 amide bonds. The van der Waals surface area contributed by atoms with E-state index in [1.165, 1.54) is 6.42 Å². The second-order valence-electron chi connectivity index (χ2n) is 2.28. The lowest BCUT2D eigenvalue weighted by atomic mass is 10.4. The number of aliphatic imine (C=N–C) groups is 1. The van der Waals surface area contributed by atoms with Crippen LogP contribution in [0.4, 0.5) is 0 Å². The molecule has 0 spiro atoms. The lowest BCUT2D eigenvalue weighted by Crippen LogP contribution is -1.76. The van der Waals surface area contributed by atoms with E-state index in [9.17, 15) is 0 Å². The van der Waals surface area contributed by atoms with Gasteiger partial charge in [0.05, 0.1) is 0 Å². The van der Waals surface area contributed by atoms with Crippen LogP contribution in [0.15, 0.2) is 4.99 Å². The first kappa shape index (κ1) is 4.82. The molecular formula is C6H11N. The minimum Gasteiger partial charge on any atom is -0.301 e. The maximum atomic E-state index is 3.92. The third-order valence-corrected chi connectivity index (χ3v) is 1.51. The molecule has 0 bridgehead atoms. The lowest BCUT2D eigenvalue weighted by molar-refractivity contribution is 0.933. The minimum absolute atomic E-state index is 0.824. The number of hydrogen-bond donors (Lipinski definition) is 0. The van der Waals surface area contributed by atoms with Crippen LogP contribution in [0, 0.1) is 11.8 Å². The van der Waals surface area contributed by atoms with Gasteiger partial charge in [0, 0.05) is 13.3 Å². The summed E-state index contributed by atoms with van der Waals surface area (Å²) in [7, 11) is 1.84. The average Bonchev–Trinajstić information content (AvgIpc) is 2.22. The van der Waals surface area contributed by atoms with Gasteiger partial charge in [-0.3, -0.25) is 0 Å². The zero-order chi connectivity index (χ0) is 5.28. The summed E-state index contributed by atoms with van der Waals surface area (Å²) >= 11 is 0. The van der Waals surface area contributed by atoms with Gasteiger partial charge >= 0.3 is 0 Å². The molecule has 1 fully saturated rings. The smallest absolute Gasteiger partial charge is 0.0273 e. The van der Waals surface area contributed by atoms with E-state index in [-0.39, 0.29) is 0 Å². The van der Waals surface area contributed by atoms with Crippen LogP contribution in [0.2, 0.25) is 0 Å². The van der Waals surface area contributed by atoms with Crippen LogP contribution in [0.25, 0.3) is 0 Å². The van der Waals surface area contributed by atoms with E-state index < -0.39 is 0 Å². The Morgan fingerprint density at radius 2 is 2.29 bits per heavy atom. The zero-order valence-corrected chi connectivity index (χ0v) is 4.89. The summed E-state index contributed by atoms with van der Waals surface area (Å²) in [6.07, 6.45) is 3.40. The summed E-state index contributed by atoms with van der Waals surface area (Å²) in [4.78, 5) is 3.92. The van der Waals surface area contributed by atoms with Gasteiger partial charge in [0.2, 0.25) is 0 Å². The molecule has 1 unspecified atom stereocenters. The lowest BCUT2D eigenvalue weighted by Gasteiger charge is -1.75. The molecule has 1 rings (SSSR count). The Balaban J connectivity index is 2.21. The van der Waals surface area contributed by atoms with Crippen LogP contribution < -0.4 is 0 Å². The van der Waals surface area contributed by atoms with E-state index in [0.717, 1.165) is 11.8 Å². The topological polar surface area (TPSA) is 12.4 Å². The van der Waals surface area contributed by atoms with Crippen molar-refractivity contribution in [3.8, 4) is 0 Å². The van der Waals surface area contributed by atoms with Gasteiger partial charge < -0.3 is 4.99 Å².